The Morgan fingerprint density at radius 3 is 0.741 bits per heavy atom. The van der Waals surface area contributed by atoms with Gasteiger partial charge in [0.15, 0.2) is 6.10 Å². The van der Waals surface area contributed by atoms with Crippen molar-refractivity contribution in [2.45, 2.75) is 277 Å². The third-order valence-electron chi connectivity index (χ3n) is 10.9. The van der Waals surface area contributed by atoms with E-state index in [0.29, 0.717) is 19.3 Å². The fraction of sp³-hybridized carbons (Fsp3) is 0.938. The molecule has 0 spiro atoms. The summed E-state index contributed by atoms with van der Waals surface area (Å²) in [5.41, 5.74) is 0. The van der Waals surface area contributed by atoms with Crippen molar-refractivity contribution < 1.29 is 28.6 Å². The average molecular weight is 765 g/mol. The molecule has 0 aliphatic heterocycles. The Labute approximate surface area is 336 Å². The molecule has 6 nitrogen and oxygen atoms in total. The second kappa shape index (κ2) is 44.1. The summed E-state index contributed by atoms with van der Waals surface area (Å²) in [7, 11) is 0. The van der Waals surface area contributed by atoms with E-state index in [4.69, 9.17) is 14.2 Å². The number of ether oxygens (including phenoxy) is 3. The molecule has 54 heavy (non-hydrogen) atoms. The van der Waals surface area contributed by atoms with E-state index in [-0.39, 0.29) is 31.1 Å². The van der Waals surface area contributed by atoms with Gasteiger partial charge in [-0.3, -0.25) is 14.4 Å². The van der Waals surface area contributed by atoms with Crippen molar-refractivity contribution in [3.8, 4) is 0 Å². The highest BCUT2D eigenvalue weighted by Crippen LogP contribution is 2.16. The fourth-order valence-electron chi connectivity index (χ4n) is 7.21. The van der Waals surface area contributed by atoms with Gasteiger partial charge in [0.05, 0.1) is 0 Å². The Morgan fingerprint density at radius 1 is 0.296 bits per heavy atom. The minimum absolute atomic E-state index is 0.0628. The lowest BCUT2D eigenvalue weighted by atomic mass is 10.0. The Kier molecular flexibility index (Phi) is 42.8. The van der Waals surface area contributed by atoms with Crippen molar-refractivity contribution in [1.82, 2.24) is 0 Å². The first-order valence-electron chi connectivity index (χ1n) is 24.0. The summed E-state index contributed by atoms with van der Waals surface area (Å²) in [6.07, 6.45) is 45.2. The molecule has 0 fully saturated rings. The number of rotatable bonds is 44. The van der Waals surface area contributed by atoms with E-state index in [0.717, 1.165) is 57.8 Å². The van der Waals surface area contributed by atoms with Gasteiger partial charge in [0.25, 0.3) is 0 Å². The molecule has 0 amide bonds. The second-order valence-corrected chi connectivity index (χ2v) is 16.4. The molecule has 6 heteroatoms. The lowest BCUT2D eigenvalue weighted by Crippen LogP contribution is -2.30. The Hall–Kier alpha value is -1.59. The van der Waals surface area contributed by atoms with Crippen LogP contribution in [0, 0.1) is 0 Å². The monoisotopic (exact) mass is 765 g/mol. The molecule has 0 aromatic heterocycles. The van der Waals surface area contributed by atoms with Crippen LogP contribution in [0.4, 0.5) is 0 Å². The minimum Gasteiger partial charge on any atom is -0.462 e. The zero-order valence-corrected chi connectivity index (χ0v) is 36.5. The molecule has 1 atom stereocenters. The normalized spacial score (nSPS) is 11.8. The molecular weight excluding hydrogens is 673 g/mol. The van der Waals surface area contributed by atoms with Crippen LogP contribution in [-0.2, 0) is 28.6 Å². The maximum Gasteiger partial charge on any atom is 0.306 e. The van der Waals surface area contributed by atoms with Gasteiger partial charge in [0.1, 0.15) is 13.2 Å². The molecule has 320 valence electrons. The van der Waals surface area contributed by atoms with Gasteiger partial charge in [-0.2, -0.15) is 0 Å². The first kappa shape index (κ1) is 52.4. The van der Waals surface area contributed by atoms with Gasteiger partial charge in [-0.25, -0.2) is 0 Å². The third kappa shape index (κ3) is 41.6. The number of unbranched alkanes of at least 4 members (excludes halogenated alkanes) is 33. The highest BCUT2D eigenvalue weighted by atomic mass is 16.6. The summed E-state index contributed by atoms with van der Waals surface area (Å²) in [5, 5.41) is 0. The zero-order chi connectivity index (χ0) is 39.4. The summed E-state index contributed by atoms with van der Waals surface area (Å²) in [4.78, 5) is 37.6. The van der Waals surface area contributed by atoms with Crippen LogP contribution in [0.5, 0.6) is 0 Å². The number of esters is 3. The minimum atomic E-state index is -0.757. The topological polar surface area (TPSA) is 78.9 Å². The quantitative estimate of drug-likeness (QED) is 0.0349. The summed E-state index contributed by atoms with van der Waals surface area (Å²) in [6.45, 7) is 6.62. The Balaban J connectivity index is 4.20. The number of carbonyl (C=O) groups excluding carboxylic acids is 3. The molecule has 0 radical (unpaired) electrons. The van der Waals surface area contributed by atoms with E-state index in [9.17, 15) is 14.4 Å². The first-order chi connectivity index (χ1) is 26.5. The zero-order valence-electron chi connectivity index (χ0n) is 36.5. The maximum atomic E-state index is 12.7. The Bertz CT molecular complexity index is 798. The molecule has 0 saturated heterocycles. The van der Waals surface area contributed by atoms with E-state index in [1.54, 1.807) is 0 Å². The van der Waals surface area contributed by atoms with Gasteiger partial charge in [-0.1, -0.05) is 233 Å². The molecule has 0 saturated carbocycles. The van der Waals surface area contributed by atoms with Gasteiger partial charge in [-0.15, -0.1) is 0 Å². The van der Waals surface area contributed by atoms with Crippen LogP contribution in [0.1, 0.15) is 271 Å². The molecule has 0 aliphatic rings. The van der Waals surface area contributed by atoms with E-state index in [1.165, 1.54) is 173 Å². The number of carbonyl (C=O) groups is 3. The van der Waals surface area contributed by atoms with E-state index in [2.05, 4.69) is 20.8 Å². The van der Waals surface area contributed by atoms with Crippen molar-refractivity contribution >= 4 is 17.9 Å². The van der Waals surface area contributed by atoms with Gasteiger partial charge in [-0.05, 0) is 19.3 Å². The SMILES string of the molecule is CCCCCCCCCCCCCCCCCCCC(=O)OC[C@@H](COC(=O)CCCCCCCCC)OC(=O)CCCCCCCCCCCCCC. The van der Waals surface area contributed by atoms with Crippen molar-refractivity contribution in [2.75, 3.05) is 13.2 Å². The van der Waals surface area contributed by atoms with Crippen LogP contribution in [0.2, 0.25) is 0 Å². The summed E-state index contributed by atoms with van der Waals surface area (Å²) < 4.78 is 16.7. The smallest absolute Gasteiger partial charge is 0.306 e. The summed E-state index contributed by atoms with van der Waals surface area (Å²) in [6, 6.07) is 0. The average Bonchev–Trinajstić information content (AvgIpc) is 3.17. The molecule has 0 rings (SSSR count). The summed E-state index contributed by atoms with van der Waals surface area (Å²) >= 11 is 0. The fourth-order valence-corrected chi connectivity index (χ4v) is 7.21. The standard InChI is InChI=1S/C48H92O6/c1-4-7-10-13-16-18-20-22-23-24-25-26-28-29-32-35-38-41-47(50)53-44-45(43-52-46(49)40-37-34-31-15-12-9-6-3)54-48(51)42-39-36-33-30-27-21-19-17-14-11-8-5-2/h45H,4-44H2,1-3H3/t45-/m1/s1. The van der Waals surface area contributed by atoms with Gasteiger partial charge in [0.2, 0.25) is 0 Å². The van der Waals surface area contributed by atoms with Crippen LogP contribution >= 0.6 is 0 Å². The van der Waals surface area contributed by atoms with Gasteiger partial charge >= 0.3 is 17.9 Å². The number of hydrogen-bond donors (Lipinski definition) is 0. The highest BCUT2D eigenvalue weighted by Gasteiger charge is 2.19. The van der Waals surface area contributed by atoms with Crippen molar-refractivity contribution in [1.29, 1.82) is 0 Å². The second-order valence-electron chi connectivity index (χ2n) is 16.4. The summed E-state index contributed by atoms with van der Waals surface area (Å²) in [5.74, 6) is -0.854. The van der Waals surface area contributed by atoms with Crippen LogP contribution in [-0.4, -0.2) is 37.2 Å². The molecule has 0 aromatic carbocycles. The highest BCUT2D eigenvalue weighted by molar-refractivity contribution is 5.71. The molecule has 0 aromatic rings. The molecule has 0 bridgehead atoms. The maximum absolute atomic E-state index is 12.7. The van der Waals surface area contributed by atoms with Crippen molar-refractivity contribution in [2.24, 2.45) is 0 Å². The molecule has 0 N–H and O–H groups in total. The van der Waals surface area contributed by atoms with Crippen LogP contribution in [0.15, 0.2) is 0 Å². The van der Waals surface area contributed by atoms with Crippen molar-refractivity contribution in [3.63, 3.8) is 0 Å². The van der Waals surface area contributed by atoms with E-state index < -0.39 is 6.10 Å². The molecule has 0 heterocycles. The van der Waals surface area contributed by atoms with E-state index in [1.807, 2.05) is 0 Å². The van der Waals surface area contributed by atoms with Gasteiger partial charge < -0.3 is 14.2 Å². The van der Waals surface area contributed by atoms with E-state index >= 15 is 0 Å². The molecule has 0 unspecified atom stereocenters. The third-order valence-corrected chi connectivity index (χ3v) is 10.9. The largest absolute Gasteiger partial charge is 0.462 e. The lowest BCUT2D eigenvalue weighted by molar-refractivity contribution is -0.167. The number of hydrogen-bond acceptors (Lipinski definition) is 6. The molecular formula is C48H92O6. The van der Waals surface area contributed by atoms with Crippen LogP contribution < -0.4 is 0 Å². The molecule has 0 aliphatic carbocycles. The Morgan fingerprint density at radius 2 is 0.500 bits per heavy atom. The first-order valence-corrected chi connectivity index (χ1v) is 24.0. The van der Waals surface area contributed by atoms with Crippen LogP contribution in [0.25, 0.3) is 0 Å². The predicted octanol–water partition coefficient (Wildman–Crippen LogP) is 15.3. The van der Waals surface area contributed by atoms with Gasteiger partial charge in [0, 0.05) is 19.3 Å². The lowest BCUT2D eigenvalue weighted by Gasteiger charge is -2.18. The van der Waals surface area contributed by atoms with Crippen LogP contribution in [0.3, 0.4) is 0 Å². The predicted molar refractivity (Wildman–Crippen MR) is 229 cm³/mol. The van der Waals surface area contributed by atoms with Crippen molar-refractivity contribution in [3.05, 3.63) is 0 Å².